The van der Waals surface area contributed by atoms with Crippen molar-refractivity contribution in [2.24, 2.45) is 0 Å². The maximum Gasteiger partial charge on any atom is 0.490 e. The van der Waals surface area contributed by atoms with Gasteiger partial charge in [0.2, 0.25) is 0 Å². The van der Waals surface area contributed by atoms with Gasteiger partial charge in [-0.05, 0) is 47.9 Å². The summed E-state index contributed by atoms with van der Waals surface area (Å²) in [6.07, 6.45) is 4.93. The maximum absolute atomic E-state index is 13.1. The van der Waals surface area contributed by atoms with Crippen molar-refractivity contribution in [3.8, 4) is 11.1 Å². The van der Waals surface area contributed by atoms with E-state index in [9.17, 15) is 18.0 Å². The molecule has 8 nitrogen and oxygen atoms in total. The van der Waals surface area contributed by atoms with Crippen molar-refractivity contribution in [3.63, 3.8) is 0 Å². The molecule has 1 N–H and O–H groups in total. The Bertz CT molecular complexity index is 1390. The molecular weight excluding hydrogens is 463 g/mol. The zero-order chi connectivity index (χ0) is 25.2. The minimum Gasteiger partial charge on any atom is -0.475 e. The van der Waals surface area contributed by atoms with Crippen molar-refractivity contribution in [1.29, 1.82) is 0 Å². The van der Waals surface area contributed by atoms with E-state index < -0.39 is 12.1 Å². The first-order valence-electron chi connectivity index (χ1n) is 10.6. The lowest BCUT2D eigenvalue weighted by atomic mass is 10.0. The average molecular weight is 483 g/mol. The van der Waals surface area contributed by atoms with Gasteiger partial charge in [-0.1, -0.05) is 6.07 Å². The summed E-state index contributed by atoms with van der Waals surface area (Å²) in [4.78, 5) is 37.1. The number of imidazole rings is 1. The van der Waals surface area contributed by atoms with Gasteiger partial charge in [-0.3, -0.25) is 14.8 Å². The summed E-state index contributed by atoms with van der Waals surface area (Å²) in [5.41, 5.74) is 6.55. The summed E-state index contributed by atoms with van der Waals surface area (Å²) >= 11 is 0. The summed E-state index contributed by atoms with van der Waals surface area (Å²) in [5.74, 6) is -2.72. The second-order valence-electron chi connectivity index (χ2n) is 7.85. The fourth-order valence-corrected chi connectivity index (χ4v) is 3.80. The van der Waals surface area contributed by atoms with Crippen molar-refractivity contribution >= 4 is 17.5 Å². The lowest BCUT2D eigenvalue weighted by Gasteiger charge is -2.14. The number of carboxylic acids is 1. The third kappa shape index (κ3) is 5.13. The number of aromatic nitrogens is 4. The molecule has 1 aliphatic heterocycles. The van der Waals surface area contributed by atoms with Crippen molar-refractivity contribution < 1.29 is 27.9 Å². The van der Waals surface area contributed by atoms with Crippen LogP contribution in [-0.2, 0) is 17.8 Å². The average Bonchev–Trinajstić information content (AvgIpc) is 3.39. The molecule has 0 spiro atoms. The molecule has 4 aromatic heterocycles. The van der Waals surface area contributed by atoms with Crippen LogP contribution in [0.5, 0.6) is 0 Å². The van der Waals surface area contributed by atoms with Crippen LogP contribution in [0, 0.1) is 6.92 Å². The second-order valence-corrected chi connectivity index (χ2v) is 7.85. The molecular formula is C24H20F3N5O3. The van der Waals surface area contributed by atoms with E-state index in [1.807, 2.05) is 46.0 Å². The third-order valence-electron chi connectivity index (χ3n) is 5.47. The molecule has 5 rings (SSSR count). The number of halogens is 3. The highest BCUT2D eigenvalue weighted by molar-refractivity contribution is 6.04. The highest BCUT2D eigenvalue weighted by Gasteiger charge is 2.38. The quantitative estimate of drug-likeness (QED) is 0.472. The first-order chi connectivity index (χ1) is 16.6. The van der Waals surface area contributed by atoms with Crippen LogP contribution >= 0.6 is 0 Å². The lowest BCUT2D eigenvalue weighted by Crippen LogP contribution is -2.26. The molecule has 180 valence electrons. The Labute approximate surface area is 197 Å². The number of hydrogen-bond acceptors (Lipinski definition) is 5. The standard InChI is InChI=1S/C22H19N5O.C2HF3O2/c1-15-3-2-11-26-13-17(25-21(15)26)7-12-27-14-19-20(22(27)28)18(6-10-24-19)16-4-8-23-9-5-16;3-2(4,5)1(6)7/h2-6,8-11,13H,7,12,14H2,1H3;(H,6,7). The van der Waals surface area contributed by atoms with E-state index in [-0.39, 0.29) is 5.91 Å². The number of hydrogen-bond donors (Lipinski definition) is 1. The van der Waals surface area contributed by atoms with Crippen molar-refractivity contribution in [2.45, 2.75) is 26.1 Å². The van der Waals surface area contributed by atoms with Gasteiger partial charge in [-0.15, -0.1) is 0 Å². The summed E-state index contributed by atoms with van der Waals surface area (Å²) in [6.45, 7) is 3.21. The molecule has 0 atom stereocenters. The van der Waals surface area contributed by atoms with Crippen LogP contribution in [0.3, 0.4) is 0 Å². The van der Waals surface area contributed by atoms with Crippen LogP contribution in [0.4, 0.5) is 13.2 Å². The van der Waals surface area contributed by atoms with Gasteiger partial charge in [0.15, 0.2) is 0 Å². The molecule has 1 aliphatic rings. The largest absolute Gasteiger partial charge is 0.490 e. The van der Waals surface area contributed by atoms with Gasteiger partial charge in [-0.25, -0.2) is 9.78 Å². The smallest absolute Gasteiger partial charge is 0.475 e. The number of aliphatic carboxylic acids is 1. The first kappa shape index (κ1) is 23.9. The monoisotopic (exact) mass is 483 g/mol. The molecule has 0 saturated carbocycles. The number of pyridine rings is 3. The zero-order valence-corrected chi connectivity index (χ0v) is 18.5. The van der Waals surface area contributed by atoms with Gasteiger partial charge in [-0.2, -0.15) is 13.2 Å². The van der Waals surface area contributed by atoms with Crippen LogP contribution in [-0.4, -0.2) is 54.0 Å². The van der Waals surface area contributed by atoms with Crippen molar-refractivity contribution in [3.05, 3.63) is 83.8 Å². The van der Waals surface area contributed by atoms with Gasteiger partial charge >= 0.3 is 12.1 Å². The van der Waals surface area contributed by atoms with E-state index in [2.05, 4.69) is 23.0 Å². The van der Waals surface area contributed by atoms with E-state index in [1.54, 1.807) is 18.6 Å². The predicted octanol–water partition coefficient (Wildman–Crippen LogP) is 3.93. The molecule has 0 radical (unpaired) electrons. The molecule has 0 fully saturated rings. The van der Waals surface area contributed by atoms with Crippen LogP contribution in [0.25, 0.3) is 16.8 Å². The van der Waals surface area contributed by atoms with E-state index in [0.29, 0.717) is 25.1 Å². The highest BCUT2D eigenvalue weighted by atomic mass is 19.4. The molecule has 1 amide bonds. The van der Waals surface area contributed by atoms with E-state index in [0.717, 1.165) is 33.7 Å². The van der Waals surface area contributed by atoms with Crippen LogP contribution in [0.1, 0.15) is 27.3 Å². The van der Waals surface area contributed by atoms with E-state index >= 15 is 0 Å². The molecule has 0 bridgehead atoms. The van der Waals surface area contributed by atoms with Crippen molar-refractivity contribution in [1.82, 2.24) is 24.3 Å². The summed E-state index contributed by atoms with van der Waals surface area (Å²) in [5, 5.41) is 7.12. The molecule has 35 heavy (non-hydrogen) atoms. The fourth-order valence-electron chi connectivity index (χ4n) is 3.80. The minimum atomic E-state index is -5.08. The molecule has 4 aromatic rings. The SMILES string of the molecule is Cc1cccn2cc(CCN3Cc4nccc(-c5ccncc5)c4C3=O)nc12.O=C(O)C(F)(F)F. The predicted molar refractivity (Wildman–Crippen MR) is 120 cm³/mol. The van der Waals surface area contributed by atoms with Gasteiger partial charge in [0.1, 0.15) is 5.65 Å². The normalized spacial score (nSPS) is 12.9. The zero-order valence-electron chi connectivity index (χ0n) is 18.5. The van der Waals surface area contributed by atoms with E-state index in [1.165, 1.54) is 0 Å². The maximum atomic E-state index is 13.1. The summed E-state index contributed by atoms with van der Waals surface area (Å²) < 4.78 is 33.8. The molecule has 0 unspecified atom stereocenters. The minimum absolute atomic E-state index is 0.0369. The Kier molecular flexibility index (Phi) is 6.50. The molecule has 5 heterocycles. The number of nitrogens with zero attached hydrogens (tertiary/aromatic N) is 5. The van der Waals surface area contributed by atoms with Gasteiger partial charge in [0.25, 0.3) is 5.91 Å². The Balaban J connectivity index is 0.000000364. The van der Waals surface area contributed by atoms with Gasteiger partial charge < -0.3 is 14.4 Å². The number of alkyl halides is 3. The molecule has 0 aromatic carbocycles. The first-order valence-corrected chi connectivity index (χ1v) is 10.6. The number of rotatable bonds is 4. The number of carbonyl (C=O) groups excluding carboxylic acids is 1. The number of carboxylic acid groups (broad SMARTS) is 1. The van der Waals surface area contributed by atoms with Crippen molar-refractivity contribution in [2.75, 3.05) is 6.54 Å². The van der Waals surface area contributed by atoms with Crippen LogP contribution in [0.2, 0.25) is 0 Å². The number of carbonyl (C=O) groups is 2. The molecule has 0 aliphatic carbocycles. The van der Waals surface area contributed by atoms with Gasteiger partial charge in [0.05, 0.1) is 23.5 Å². The summed E-state index contributed by atoms with van der Waals surface area (Å²) in [6, 6.07) is 9.81. The fraction of sp³-hybridized carbons (Fsp3) is 0.208. The Morgan fingerprint density at radius 3 is 2.51 bits per heavy atom. The van der Waals surface area contributed by atoms with Gasteiger partial charge in [0, 0.05) is 43.9 Å². The number of fused-ring (bicyclic) bond motifs is 2. The Morgan fingerprint density at radius 2 is 1.86 bits per heavy atom. The topological polar surface area (TPSA) is 101 Å². The number of aryl methyl sites for hydroxylation is 1. The molecule has 0 saturated heterocycles. The Morgan fingerprint density at radius 1 is 1.14 bits per heavy atom. The Hall–Kier alpha value is -4.28. The molecule has 11 heteroatoms. The summed E-state index contributed by atoms with van der Waals surface area (Å²) in [7, 11) is 0. The number of amides is 1. The van der Waals surface area contributed by atoms with Crippen LogP contribution < -0.4 is 0 Å². The van der Waals surface area contributed by atoms with Crippen LogP contribution in [0.15, 0.2) is 61.3 Å². The third-order valence-corrected chi connectivity index (χ3v) is 5.47. The van der Waals surface area contributed by atoms with E-state index in [4.69, 9.17) is 14.9 Å². The lowest BCUT2D eigenvalue weighted by molar-refractivity contribution is -0.192. The highest BCUT2D eigenvalue weighted by Crippen LogP contribution is 2.31. The second kappa shape index (κ2) is 9.53.